The van der Waals surface area contributed by atoms with E-state index in [9.17, 15) is 14.3 Å². The number of carbonyl (C=O) groups is 1. The smallest absolute Gasteiger partial charge is 0.457 e. The maximum absolute atomic E-state index is 12.7. The van der Waals surface area contributed by atoms with E-state index in [1.54, 1.807) is 0 Å². The van der Waals surface area contributed by atoms with Gasteiger partial charge in [-0.2, -0.15) is 0 Å². The molecule has 0 aromatic heterocycles. The normalized spacial score (nSPS) is 14.1. The first kappa shape index (κ1) is 59.2. The zero-order valence-electron chi connectivity index (χ0n) is 40.4. The molecule has 0 aromatic rings. The summed E-state index contributed by atoms with van der Waals surface area (Å²) >= 11 is 0. The van der Waals surface area contributed by atoms with Crippen LogP contribution in [0.2, 0.25) is 0 Å². The Bertz CT molecular complexity index is 1160. The van der Waals surface area contributed by atoms with Gasteiger partial charge in [0, 0.05) is 13.0 Å². The SMILES string of the molecule is CC/C=C\C/C=C\C/C=C\C/C=C\C/C=C\CCCCCCCCOCC(COP(=O)(O)OCC[N+](C)(C)C)OC(=O)CCCCCCCCCCCCCCCCCCC. The van der Waals surface area contributed by atoms with Crippen LogP contribution in [0, 0.1) is 0 Å². The highest BCUT2D eigenvalue weighted by Crippen LogP contribution is 2.43. The Kier molecular flexibility index (Phi) is 43.5. The average Bonchev–Trinajstić information content (AvgIpc) is 3.22. The fourth-order valence-electron chi connectivity index (χ4n) is 6.76. The summed E-state index contributed by atoms with van der Waals surface area (Å²) in [4.78, 5) is 23.0. The van der Waals surface area contributed by atoms with Crippen LogP contribution in [0.1, 0.15) is 206 Å². The molecule has 0 saturated carbocycles. The molecule has 0 saturated heterocycles. The summed E-state index contributed by atoms with van der Waals surface area (Å²) in [7, 11) is 1.66. The summed E-state index contributed by atoms with van der Waals surface area (Å²) in [6.07, 6.45) is 56.9. The van der Waals surface area contributed by atoms with Crippen LogP contribution in [0.5, 0.6) is 0 Å². The number of unbranched alkanes of at least 4 members (excludes halogenated alkanes) is 22. The minimum atomic E-state index is -4.28. The van der Waals surface area contributed by atoms with Gasteiger partial charge in [0.1, 0.15) is 19.3 Å². The van der Waals surface area contributed by atoms with Crippen molar-refractivity contribution in [3.05, 3.63) is 60.8 Å². The molecule has 0 radical (unpaired) electrons. The van der Waals surface area contributed by atoms with E-state index >= 15 is 0 Å². The third kappa shape index (κ3) is 49.1. The first-order valence-corrected chi connectivity index (χ1v) is 26.5. The molecule has 0 spiro atoms. The lowest BCUT2D eigenvalue weighted by Gasteiger charge is -2.24. The molecular weight excluding hydrogens is 782 g/mol. The van der Waals surface area contributed by atoms with E-state index < -0.39 is 13.9 Å². The van der Waals surface area contributed by atoms with E-state index in [0.29, 0.717) is 24.1 Å². The van der Waals surface area contributed by atoms with Gasteiger partial charge in [0.2, 0.25) is 0 Å². The van der Waals surface area contributed by atoms with Gasteiger partial charge in [0.05, 0.1) is 34.4 Å². The van der Waals surface area contributed by atoms with E-state index in [0.717, 1.165) is 77.0 Å². The lowest BCUT2D eigenvalue weighted by molar-refractivity contribution is -0.870. The molecule has 0 fully saturated rings. The molecular formula is C52H97NO7P+. The van der Waals surface area contributed by atoms with Gasteiger partial charge < -0.3 is 18.9 Å². The Morgan fingerprint density at radius 3 is 1.43 bits per heavy atom. The van der Waals surface area contributed by atoms with Crippen molar-refractivity contribution in [2.75, 3.05) is 54.1 Å². The number of likely N-dealkylation sites (N-methyl/N-ethyl adjacent to an activating group) is 1. The van der Waals surface area contributed by atoms with Gasteiger partial charge in [0.15, 0.2) is 0 Å². The zero-order valence-corrected chi connectivity index (χ0v) is 41.3. The third-order valence-corrected chi connectivity index (χ3v) is 11.6. The molecule has 61 heavy (non-hydrogen) atoms. The number of esters is 1. The summed E-state index contributed by atoms with van der Waals surface area (Å²) in [6.45, 7) is 5.49. The van der Waals surface area contributed by atoms with Crippen LogP contribution >= 0.6 is 7.82 Å². The highest BCUT2D eigenvalue weighted by Gasteiger charge is 2.26. The Labute approximate surface area is 377 Å². The first-order chi connectivity index (χ1) is 29.6. The summed E-state index contributed by atoms with van der Waals surface area (Å²) < 4.78 is 35.1. The molecule has 0 aliphatic heterocycles. The number of phosphoric ester groups is 1. The van der Waals surface area contributed by atoms with Crippen molar-refractivity contribution in [2.45, 2.75) is 213 Å². The fourth-order valence-corrected chi connectivity index (χ4v) is 7.50. The Hall–Kier alpha value is -1.80. The second-order valence-corrected chi connectivity index (χ2v) is 19.3. The zero-order chi connectivity index (χ0) is 44.8. The highest BCUT2D eigenvalue weighted by molar-refractivity contribution is 7.47. The number of allylic oxidation sites excluding steroid dienone is 10. The molecule has 0 aliphatic carbocycles. The number of ether oxygens (including phenoxy) is 2. The molecule has 2 unspecified atom stereocenters. The lowest BCUT2D eigenvalue weighted by Crippen LogP contribution is -2.37. The standard InChI is InChI=1S/C52H96NO7P/c1-6-8-10-12-14-16-18-20-22-24-25-26-27-28-30-32-34-36-38-40-42-44-47-57-49-51(50-59-61(55,56)58-48-46-53(3,4)5)60-52(54)45-43-41-39-37-35-33-31-29-23-21-19-17-15-13-11-9-7-2/h8,10,14,16,20,22,25-26,28,30,51H,6-7,9,11-13,15,17-19,21,23-24,27,29,31-50H2,1-5H3/p+1/b10-8-,16-14-,22-20-,26-25-,30-28-. The second-order valence-electron chi connectivity index (χ2n) is 17.8. The predicted octanol–water partition coefficient (Wildman–Crippen LogP) is 15.3. The number of nitrogens with zero attached hydrogens (tertiary/aromatic N) is 1. The number of carbonyl (C=O) groups excluding carboxylic acids is 1. The van der Waals surface area contributed by atoms with Gasteiger partial charge >= 0.3 is 13.8 Å². The largest absolute Gasteiger partial charge is 0.472 e. The summed E-state index contributed by atoms with van der Waals surface area (Å²) in [5.41, 5.74) is 0. The first-order valence-electron chi connectivity index (χ1n) is 25.0. The molecule has 0 aliphatic rings. The number of hydrogen-bond acceptors (Lipinski definition) is 6. The van der Waals surface area contributed by atoms with Crippen molar-refractivity contribution < 1.29 is 37.3 Å². The lowest BCUT2D eigenvalue weighted by atomic mass is 10.0. The van der Waals surface area contributed by atoms with Crippen LogP contribution in [-0.2, 0) is 27.9 Å². The fraction of sp³-hybridized carbons (Fsp3) is 0.788. The van der Waals surface area contributed by atoms with Crippen molar-refractivity contribution in [2.24, 2.45) is 0 Å². The summed E-state index contributed by atoms with van der Waals surface area (Å²) in [6, 6.07) is 0. The van der Waals surface area contributed by atoms with Crippen LogP contribution in [0.25, 0.3) is 0 Å². The predicted molar refractivity (Wildman–Crippen MR) is 261 cm³/mol. The Balaban J connectivity index is 4.19. The van der Waals surface area contributed by atoms with E-state index in [-0.39, 0.29) is 25.8 Å². The molecule has 0 aromatic carbocycles. The number of phosphoric acid groups is 1. The quantitative estimate of drug-likeness (QED) is 0.0214. The minimum Gasteiger partial charge on any atom is -0.457 e. The van der Waals surface area contributed by atoms with E-state index in [4.69, 9.17) is 18.5 Å². The number of quaternary nitrogens is 1. The van der Waals surface area contributed by atoms with Crippen LogP contribution in [0.3, 0.4) is 0 Å². The molecule has 9 heteroatoms. The average molecular weight is 879 g/mol. The molecule has 1 N–H and O–H groups in total. The molecule has 0 rings (SSSR count). The van der Waals surface area contributed by atoms with E-state index in [2.05, 4.69) is 74.6 Å². The van der Waals surface area contributed by atoms with Crippen LogP contribution in [0.15, 0.2) is 60.8 Å². The van der Waals surface area contributed by atoms with Crippen molar-refractivity contribution in [3.63, 3.8) is 0 Å². The van der Waals surface area contributed by atoms with Gasteiger partial charge in [-0.15, -0.1) is 0 Å². The Morgan fingerprint density at radius 1 is 0.525 bits per heavy atom. The highest BCUT2D eigenvalue weighted by atomic mass is 31.2. The van der Waals surface area contributed by atoms with E-state index in [1.807, 2.05) is 21.1 Å². The van der Waals surface area contributed by atoms with Gasteiger partial charge in [-0.05, 0) is 57.8 Å². The van der Waals surface area contributed by atoms with Crippen LogP contribution < -0.4 is 0 Å². The molecule has 0 heterocycles. The third-order valence-electron chi connectivity index (χ3n) is 10.6. The molecule has 0 bridgehead atoms. The molecule has 356 valence electrons. The topological polar surface area (TPSA) is 91.3 Å². The van der Waals surface area contributed by atoms with Crippen molar-refractivity contribution >= 4 is 13.8 Å². The number of hydrogen-bond donors (Lipinski definition) is 1. The maximum atomic E-state index is 12.7. The molecule has 2 atom stereocenters. The van der Waals surface area contributed by atoms with Gasteiger partial charge in [-0.1, -0.05) is 203 Å². The van der Waals surface area contributed by atoms with Crippen molar-refractivity contribution in [1.29, 1.82) is 0 Å². The Morgan fingerprint density at radius 2 is 0.951 bits per heavy atom. The van der Waals surface area contributed by atoms with Crippen LogP contribution in [-0.4, -0.2) is 75.6 Å². The number of rotatable bonds is 46. The van der Waals surface area contributed by atoms with Gasteiger partial charge in [0.25, 0.3) is 0 Å². The van der Waals surface area contributed by atoms with Crippen molar-refractivity contribution in [3.8, 4) is 0 Å². The summed E-state index contributed by atoms with van der Waals surface area (Å²) in [5, 5.41) is 0. The van der Waals surface area contributed by atoms with Crippen LogP contribution in [0.4, 0.5) is 0 Å². The van der Waals surface area contributed by atoms with Gasteiger partial charge in [-0.3, -0.25) is 13.8 Å². The van der Waals surface area contributed by atoms with Crippen molar-refractivity contribution in [1.82, 2.24) is 0 Å². The molecule has 8 nitrogen and oxygen atoms in total. The monoisotopic (exact) mass is 879 g/mol. The second kappa shape index (κ2) is 44.8. The summed E-state index contributed by atoms with van der Waals surface area (Å²) in [5.74, 6) is -0.318. The molecule has 0 amide bonds. The minimum absolute atomic E-state index is 0.0842. The maximum Gasteiger partial charge on any atom is 0.472 e. The van der Waals surface area contributed by atoms with E-state index in [1.165, 1.54) is 109 Å². The van der Waals surface area contributed by atoms with Gasteiger partial charge in [-0.25, -0.2) is 4.57 Å².